The second kappa shape index (κ2) is 10.1. The first-order valence-electron chi connectivity index (χ1n) is 10.3. The lowest BCUT2D eigenvalue weighted by molar-refractivity contribution is -0.155. The van der Waals surface area contributed by atoms with Crippen LogP contribution in [-0.2, 0) is 28.0 Å². The summed E-state index contributed by atoms with van der Waals surface area (Å²) in [6.07, 6.45) is 1.50. The number of carbonyl (C=O) groups is 2. The molecule has 0 aliphatic carbocycles. The molecule has 3 rings (SSSR count). The first kappa shape index (κ1) is 24.3. The molecule has 10 heteroatoms. The van der Waals surface area contributed by atoms with E-state index in [9.17, 15) is 14.7 Å². The van der Waals surface area contributed by atoms with E-state index in [0.717, 1.165) is 5.56 Å². The van der Waals surface area contributed by atoms with Gasteiger partial charge in [0.15, 0.2) is 0 Å². The minimum atomic E-state index is -1.62. The molecule has 0 amide bonds. The molecule has 0 unspecified atom stereocenters. The summed E-state index contributed by atoms with van der Waals surface area (Å²) in [7, 11) is 1.74. The van der Waals surface area contributed by atoms with Crippen molar-refractivity contribution >= 4 is 18.2 Å². The number of ether oxygens (including phenoxy) is 2. The maximum absolute atomic E-state index is 12.1. The van der Waals surface area contributed by atoms with E-state index in [2.05, 4.69) is 10.3 Å². The number of carbonyl (C=O) groups excluding carboxylic acids is 1. The molecule has 1 aromatic heterocycles. The molecule has 0 radical (unpaired) electrons. The number of carboxylic acid groups (broad SMARTS) is 1. The summed E-state index contributed by atoms with van der Waals surface area (Å²) in [5.41, 5.74) is 0.673. The van der Waals surface area contributed by atoms with Gasteiger partial charge in [-0.05, 0) is 62.7 Å². The summed E-state index contributed by atoms with van der Waals surface area (Å²) in [6, 6.07) is 12.7. The van der Waals surface area contributed by atoms with Gasteiger partial charge in [0.25, 0.3) is 0 Å². The Morgan fingerprint density at radius 2 is 1.76 bits per heavy atom. The van der Waals surface area contributed by atoms with Gasteiger partial charge in [-0.1, -0.05) is 17.3 Å². The highest BCUT2D eigenvalue weighted by Gasteiger charge is 2.32. The first-order valence-corrected chi connectivity index (χ1v) is 10.3. The minimum Gasteiger partial charge on any atom is -0.508 e. The molecule has 178 valence electrons. The van der Waals surface area contributed by atoms with Crippen molar-refractivity contribution < 1.29 is 34.1 Å². The molecular weight excluding hydrogens is 442 g/mol. The number of nitrogens with zero attached hydrogens (tertiary/aromatic N) is 3. The van der Waals surface area contributed by atoms with Gasteiger partial charge in [-0.3, -0.25) is 0 Å². The first-order chi connectivity index (χ1) is 16.1. The Kier molecular flexibility index (Phi) is 7.20. The van der Waals surface area contributed by atoms with Crippen molar-refractivity contribution in [2.75, 3.05) is 0 Å². The zero-order chi connectivity index (χ0) is 24.9. The van der Waals surface area contributed by atoms with Crippen LogP contribution in [0.3, 0.4) is 0 Å². The third-order valence-corrected chi connectivity index (χ3v) is 4.81. The number of carboxylic acids is 1. The number of esters is 1. The van der Waals surface area contributed by atoms with Crippen molar-refractivity contribution in [1.29, 1.82) is 0 Å². The third kappa shape index (κ3) is 5.91. The van der Waals surface area contributed by atoms with Gasteiger partial charge in [-0.15, -0.1) is 0 Å². The normalized spacial score (nSPS) is 11.4. The van der Waals surface area contributed by atoms with Gasteiger partial charge in [0, 0.05) is 7.05 Å². The van der Waals surface area contributed by atoms with Crippen molar-refractivity contribution in [3.8, 4) is 17.4 Å². The molecule has 2 aromatic carbocycles. The smallest absolute Gasteiger partial charge is 0.347 e. The molecule has 0 aliphatic heterocycles. The zero-order valence-corrected chi connectivity index (χ0v) is 19.2. The van der Waals surface area contributed by atoms with Crippen molar-refractivity contribution in [3.05, 3.63) is 70.9 Å². The number of rotatable bonds is 9. The molecule has 2 N–H and O–H groups in total. The average Bonchev–Trinajstić information content (AvgIpc) is 3.05. The summed E-state index contributed by atoms with van der Waals surface area (Å²) in [6.45, 7) is 4.56. The highest BCUT2D eigenvalue weighted by atomic mass is 16.6. The van der Waals surface area contributed by atoms with E-state index in [0.29, 0.717) is 22.9 Å². The lowest BCUT2D eigenvalue weighted by Gasteiger charge is -2.19. The number of aryl methyl sites for hydroxylation is 2. The van der Waals surface area contributed by atoms with E-state index in [1.165, 1.54) is 44.3 Å². The summed E-state index contributed by atoms with van der Waals surface area (Å²) in [4.78, 5) is 28.6. The van der Waals surface area contributed by atoms with Gasteiger partial charge < -0.3 is 24.5 Å². The van der Waals surface area contributed by atoms with Gasteiger partial charge in [-0.2, -0.15) is 5.10 Å². The zero-order valence-electron chi connectivity index (χ0n) is 19.2. The van der Waals surface area contributed by atoms with E-state index in [-0.39, 0.29) is 17.9 Å². The lowest BCUT2D eigenvalue weighted by Crippen LogP contribution is -2.37. The largest absolute Gasteiger partial charge is 0.508 e. The monoisotopic (exact) mass is 467 g/mol. The fourth-order valence-electron chi connectivity index (χ4n) is 2.82. The van der Waals surface area contributed by atoms with Crippen LogP contribution in [0.15, 0.2) is 53.7 Å². The summed E-state index contributed by atoms with van der Waals surface area (Å²) < 4.78 is 12.5. The number of phenolic OH excluding ortho intramolecular Hbond substituents is 1. The van der Waals surface area contributed by atoms with Crippen molar-refractivity contribution in [3.63, 3.8) is 0 Å². The molecule has 3 aromatic rings. The van der Waals surface area contributed by atoms with Crippen LogP contribution in [0.2, 0.25) is 0 Å². The molecule has 10 nitrogen and oxygen atoms in total. The average molecular weight is 467 g/mol. The van der Waals surface area contributed by atoms with Crippen LogP contribution in [0.25, 0.3) is 0 Å². The van der Waals surface area contributed by atoms with E-state index in [1.54, 1.807) is 36.0 Å². The van der Waals surface area contributed by atoms with Gasteiger partial charge in [0.2, 0.25) is 11.5 Å². The van der Waals surface area contributed by atoms with Crippen LogP contribution in [0.1, 0.15) is 41.0 Å². The van der Waals surface area contributed by atoms with Gasteiger partial charge >= 0.3 is 11.9 Å². The van der Waals surface area contributed by atoms with Gasteiger partial charge in [0.05, 0.1) is 23.0 Å². The fraction of sp³-hybridized carbons (Fsp3) is 0.250. The molecule has 0 saturated heterocycles. The Balaban J connectivity index is 1.61. The highest BCUT2D eigenvalue weighted by Crippen LogP contribution is 2.27. The van der Waals surface area contributed by atoms with Crippen molar-refractivity contribution in [2.24, 2.45) is 12.2 Å². The number of aromatic hydroxyl groups is 1. The van der Waals surface area contributed by atoms with Crippen molar-refractivity contribution in [1.82, 2.24) is 9.78 Å². The Bertz CT molecular complexity index is 1200. The van der Waals surface area contributed by atoms with Crippen LogP contribution in [0.4, 0.5) is 0 Å². The van der Waals surface area contributed by atoms with E-state index in [1.807, 2.05) is 6.92 Å². The van der Waals surface area contributed by atoms with E-state index in [4.69, 9.17) is 19.4 Å². The fourth-order valence-corrected chi connectivity index (χ4v) is 2.82. The maximum Gasteiger partial charge on any atom is 0.347 e. The summed E-state index contributed by atoms with van der Waals surface area (Å²) in [5, 5.41) is 26.8. The molecule has 1 heterocycles. The number of aliphatic carboxylic acids is 1. The van der Waals surface area contributed by atoms with Crippen LogP contribution in [-0.4, -0.2) is 43.7 Å². The van der Waals surface area contributed by atoms with Gasteiger partial charge in [0.1, 0.15) is 18.1 Å². The number of aromatic nitrogens is 2. The second-order valence-corrected chi connectivity index (χ2v) is 7.93. The molecule has 0 fully saturated rings. The summed E-state index contributed by atoms with van der Waals surface area (Å²) >= 11 is 0. The lowest BCUT2D eigenvalue weighted by atomic mass is 10.1. The van der Waals surface area contributed by atoms with Crippen LogP contribution in [0.5, 0.6) is 17.4 Å². The molecule has 0 saturated carbocycles. The number of oxime groups is 1. The van der Waals surface area contributed by atoms with Gasteiger partial charge in [-0.25, -0.2) is 14.3 Å². The molecule has 34 heavy (non-hydrogen) atoms. The van der Waals surface area contributed by atoms with Crippen molar-refractivity contribution in [2.45, 2.75) is 33.0 Å². The van der Waals surface area contributed by atoms with E-state index < -0.39 is 17.5 Å². The predicted octanol–water partition coefficient (Wildman–Crippen LogP) is 3.80. The standard InChI is InChI=1S/C24H25N3O7/c1-15-20(21(27(4)26-15)33-19-11-9-18(28)10-12-19)13-25-32-14-16-5-7-17(8-6-16)22(29)34-24(2,3)23(30)31/h5-13,28H,14H2,1-4H3,(H,30,31)/b25-13+. The number of hydrogen-bond donors (Lipinski definition) is 2. The number of hydrogen-bond acceptors (Lipinski definition) is 8. The third-order valence-electron chi connectivity index (χ3n) is 4.81. The minimum absolute atomic E-state index is 0.137. The maximum atomic E-state index is 12.1. The SMILES string of the molecule is Cc1nn(C)c(Oc2ccc(O)cc2)c1/C=N/OCc1ccc(C(=O)OC(C)(C)C(=O)O)cc1. The molecule has 0 bridgehead atoms. The number of phenols is 1. The predicted molar refractivity (Wildman–Crippen MR) is 122 cm³/mol. The quantitative estimate of drug-likeness (QED) is 0.276. The van der Waals surface area contributed by atoms with Crippen LogP contribution >= 0.6 is 0 Å². The Hall–Kier alpha value is -4.34. The Morgan fingerprint density at radius 1 is 1.12 bits per heavy atom. The molecule has 0 atom stereocenters. The Morgan fingerprint density at radius 3 is 2.38 bits per heavy atom. The Labute approximate surface area is 196 Å². The van der Waals surface area contributed by atoms with E-state index >= 15 is 0 Å². The summed E-state index contributed by atoms with van der Waals surface area (Å²) in [5.74, 6) is -0.836. The van der Waals surface area contributed by atoms with Crippen LogP contribution in [0, 0.1) is 6.92 Å². The topological polar surface area (TPSA) is 132 Å². The highest BCUT2D eigenvalue weighted by molar-refractivity contribution is 5.92. The molecule has 0 aliphatic rings. The molecular formula is C24H25N3O7. The second-order valence-electron chi connectivity index (χ2n) is 7.93. The van der Waals surface area contributed by atoms with Crippen LogP contribution < -0.4 is 4.74 Å². The molecule has 0 spiro atoms. The number of benzene rings is 2.